The van der Waals surface area contributed by atoms with Gasteiger partial charge in [0.2, 0.25) is 5.91 Å². The number of hydrogen-bond donors (Lipinski definition) is 1. The Kier molecular flexibility index (Phi) is 7.51. The molecule has 0 radical (unpaired) electrons. The van der Waals surface area contributed by atoms with Crippen molar-refractivity contribution in [3.8, 4) is 6.07 Å². The van der Waals surface area contributed by atoms with E-state index in [9.17, 15) is 14.4 Å². The Bertz CT molecular complexity index is 947. The van der Waals surface area contributed by atoms with E-state index in [1.54, 1.807) is 31.2 Å². The lowest BCUT2D eigenvalue weighted by Crippen LogP contribution is -2.40. The number of nitriles is 1. The van der Waals surface area contributed by atoms with Gasteiger partial charge in [-0.1, -0.05) is 18.2 Å². The Morgan fingerprint density at radius 3 is 2.48 bits per heavy atom. The average Bonchev–Trinajstić information content (AvgIpc) is 2.95. The molecule has 0 saturated heterocycles. The molecule has 152 valence electrons. The molecule has 1 aromatic heterocycles. The van der Waals surface area contributed by atoms with Crippen LogP contribution in [-0.4, -0.2) is 30.4 Å². The van der Waals surface area contributed by atoms with Gasteiger partial charge in [0.05, 0.1) is 18.1 Å². The number of esters is 1. The van der Waals surface area contributed by atoms with Crippen LogP contribution in [0.1, 0.15) is 41.1 Å². The summed E-state index contributed by atoms with van der Waals surface area (Å²) < 4.78 is 5.44. The number of carbonyl (C=O) groups is 3. The molecular weight excluding hydrogens is 390 g/mol. The van der Waals surface area contributed by atoms with Gasteiger partial charge in [-0.2, -0.15) is 5.26 Å². The molecule has 1 atom stereocenters. The maximum atomic E-state index is 12.9. The third kappa shape index (κ3) is 5.42. The first kappa shape index (κ1) is 22.1. The smallest absolute Gasteiger partial charge is 0.342 e. The van der Waals surface area contributed by atoms with Crippen LogP contribution in [0.5, 0.6) is 0 Å². The number of ether oxygens (including phenoxy) is 1. The van der Waals surface area contributed by atoms with E-state index in [4.69, 9.17) is 10.00 Å². The molecule has 29 heavy (non-hydrogen) atoms. The van der Waals surface area contributed by atoms with Crippen molar-refractivity contribution in [2.45, 2.75) is 40.2 Å². The number of thiophene rings is 1. The number of nitrogens with zero attached hydrogens (tertiary/aromatic N) is 2. The molecule has 1 heterocycles. The lowest BCUT2D eigenvalue weighted by Gasteiger charge is -2.25. The number of aryl methyl sites for hydroxylation is 1. The second-order valence-corrected chi connectivity index (χ2v) is 7.67. The van der Waals surface area contributed by atoms with E-state index in [1.807, 2.05) is 19.1 Å². The molecule has 0 spiro atoms. The van der Waals surface area contributed by atoms with Crippen LogP contribution in [0.2, 0.25) is 0 Å². The van der Waals surface area contributed by atoms with Gasteiger partial charge >= 0.3 is 5.97 Å². The zero-order chi connectivity index (χ0) is 21.6. The first-order valence-corrected chi connectivity index (χ1v) is 9.89. The first-order chi connectivity index (χ1) is 13.8. The van der Waals surface area contributed by atoms with Crippen LogP contribution in [0.25, 0.3) is 0 Å². The van der Waals surface area contributed by atoms with Gasteiger partial charge in [-0.05, 0) is 38.5 Å². The lowest BCUT2D eigenvalue weighted by atomic mass is 10.1. The number of anilines is 2. The zero-order valence-electron chi connectivity index (χ0n) is 16.8. The minimum absolute atomic E-state index is 0.150. The molecule has 0 aliphatic rings. The fourth-order valence-electron chi connectivity index (χ4n) is 2.75. The predicted octanol–water partition coefficient (Wildman–Crippen LogP) is 3.82. The van der Waals surface area contributed by atoms with E-state index >= 15 is 0 Å². The topological polar surface area (TPSA) is 99.5 Å². The summed E-state index contributed by atoms with van der Waals surface area (Å²) in [5, 5.41) is 12.0. The largest absolute Gasteiger partial charge is 0.449 e. The fraction of sp³-hybridized carbons (Fsp3) is 0.333. The normalized spacial score (nSPS) is 11.3. The molecule has 0 saturated carbocycles. The summed E-state index contributed by atoms with van der Waals surface area (Å²) in [5.74, 6) is -1.40. The van der Waals surface area contributed by atoms with Crippen LogP contribution in [0.15, 0.2) is 30.3 Å². The third-order valence-electron chi connectivity index (χ3n) is 4.29. The van der Waals surface area contributed by atoms with Crippen molar-refractivity contribution in [2.24, 2.45) is 0 Å². The minimum Gasteiger partial charge on any atom is -0.449 e. The van der Waals surface area contributed by atoms with Crippen molar-refractivity contribution in [2.75, 3.05) is 16.8 Å². The molecule has 7 nitrogen and oxygen atoms in total. The number of para-hydroxylation sites is 1. The number of amides is 2. The monoisotopic (exact) mass is 413 g/mol. The molecule has 0 aliphatic heterocycles. The molecular formula is C21H23N3O4S. The molecule has 2 aromatic rings. The Morgan fingerprint density at radius 2 is 1.90 bits per heavy atom. The molecule has 1 N–H and O–H groups in total. The van der Waals surface area contributed by atoms with E-state index in [0.717, 1.165) is 4.88 Å². The second-order valence-electron chi connectivity index (χ2n) is 6.45. The molecule has 0 fully saturated rings. The van der Waals surface area contributed by atoms with Crippen LogP contribution in [-0.2, 0) is 14.3 Å². The summed E-state index contributed by atoms with van der Waals surface area (Å²) >= 11 is 1.28. The summed E-state index contributed by atoms with van der Waals surface area (Å²) in [6.07, 6.45) is -0.914. The van der Waals surface area contributed by atoms with Crippen molar-refractivity contribution in [1.29, 1.82) is 5.26 Å². The quantitative estimate of drug-likeness (QED) is 0.696. The lowest BCUT2D eigenvalue weighted by molar-refractivity contribution is -0.126. The third-order valence-corrected chi connectivity index (χ3v) is 5.41. The zero-order valence-corrected chi connectivity index (χ0v) is 17.6. The van der Waals surface area contributed by atoms with Gasteiger partial charge in [-0.25, -0.2) is 4.79 Å². The Hall–Kier alpha value is -3.18. The van der Waals surface area contributed by atoms with Gasteiger partial charge in [0.1, 0.15) is 5.00 Å². The highest BCUT2D eigenvalue weighted by Crippen LogP contribution is 2.33. The van der Waals surface area contributed by atoms with Gasteiger partial charge in [0.15, 0.2) is 6.10 Å². The van der Waals surface area contributed by atoms with Crippen LogP contribution >= 0.6 is 11.3 Å². The summed E-state index contributed by atoms with van der Waals surface area (Å²) in [5.41, 5.74) is 1.58. The van der Waals surface area contributed by atoms with E-state index in [2.05, 4.69) is 5.32 Å². The highest BCUT2D eigenvalue weighted by atomic mass is 32.1. The Labute approximate surface area is 173 Å². The number of nitrogens with one attached hydrogen (secondary N) is 1. The molecule has 8 heteroatoms. The van der Waals surface area contributed by atoms with E-state index in [0.29, 0.717) is 16.3 Å². The van der Waals surface area contributed by atoms with Crippen LogP contribution in [0.3, 0.4) is 0 Å². The predicted molar refractivity (Wildman–Crippen MR) is 112 cm³/mol. The maximum absolute atomic E-state index is 12.9. The molecule has 2 amide bonds. The number of hydrogen-bond acceptors (Lipinski definition) is 6. The van der Waals surface area contributed by atoms with Crippen molar-refractivity contribution in [1.82, 2.24) is 0 Å². The number of rotatable bonds is 7. The number of carbonyl (C=O) groups excluding carboxylic acids is 3. The standard InChI is InChI=1S/C21H23N3O4S/c1-13-15(3)29-19(23-16(4)25)18(13)21(27)28-14(2)20(26)24(12-8-11-22)17-9-6-5-7-10-17/h5-7,9-10,14H,8,12H2,1-4H3,(H,23,25)/t14-/m0/s1. The highest BCUT2D eigenvalue weighted by Gasteiger charge is 2.28. The summed E-state index contributed by atoms with van der Waals surface area (Å²) in [7, 11) is 0. The van der Waals surface area contributed by atoms with Gasteiger partial charge in [0.25, 0.3) is 5.91 Å². The molecule has 0 unspecified atom stereocenters. The minimum atomic E-state index is -1.06. The van der Waals surface area contributed by atoms with E-state index in [-0.39, 0.29) is 24.4 Å². The summed E-state index contributed by atoms with van der Waals surface area (Å²) in [4.78, 5) is 39.5. The van der Waals surface area contributed by atoms with Gasteiger partial charge in [0, 0.05) is 24.0 Å². The Balaban J connectivity index is 2.23. The number of benzene rings is 1. The van der Waals surface area contributed by atoms with Crippen LogP contribution < -0.4 is 10.2 Å². The first-order valence-electron chi connectivity index (χ1n) is 9.08. The van der Waals surface area contributed by atoms with Crippen molar-refractivity contribution < 1.29 is 19.1 Å². The second kappa shape index (κ2) is 9.85. The average molecular weight is 413 g/mol. The van der Waals surface area contributed by atoms with Gasteiger partial charge in [-0.15, -0.1) is 11.3 Å². The van der Waals surface area contributed by atoms with Crippen LogP contribution in [0.4, 0.5) is 10.7 Å². The Morgan fingerprint density at radius 1 is 1.24 bits per heavy atom. The maximum Gasteiger partial charge on any atom is 0.342 e. The molecule has 2 rings (SSSR count). The van der Waals surface area contributed by atoms with Gasteiger partial charge < -0.3 is 15.0 Å². The molecule has 0 bridgehead atoms. The van der Waals surface area contributed by atoms with E-state index < -0.39 is 18.0 Å². The van der Waals surface area contributed by atoms with Crippen molar-refractivity contribution in [3.05, 3.63) is 46.3 Å². The summed E-state index contributed by atoms with van der Waals surface area (Å²) in [6.45, 7) is 6.65. The molecule has 0 aliphatic carbocycles. The van der Waals surface area contributed by atoms with E-state index in [1.165, 1.54) is 30.1 Å². The van der Waals surface area contributed by atoms with Crippen molar-refractivity contribution >= 4 is 39.8 Å². The summed E-state index contributed by atoms with van der Waals surface area (Å²) in [6, 6.07) is 10.9. The SMILES string of the molecule is CC(=O)Nc1sc(C)c(C)c1C(=O)O[C@@H](C)C(=O)N(CCC#N)c1ccccc1. The van der Waals surface area contributed by atoms with Crippen LogP contribution in [0, 0.1) is 25.2 Å². The highest BCUT2D eigenvalue weighted by molar-refractivity contribution is 7.16. The molecule has 1 aromatic carbocycles. The fourth-order valence-corrected chi connectivity index (χ4v) is 3.84. The van der Waals surface area contributed by atoms with Gasteiger partial charge in [-0.3, -0.25) is 9.59 Å². The van der Waals surface area contributed by atoms with Crippen molar-refractivity contribution in [3.63, 3.8) is 0 Å².